The molecule has 124 valence electrons. The average Bonchev–Trinajstić information content (AvgIpc) is 3.07. The molecule has 1 aliphatic heterocycles. The molecule has 0 bridgehead atoms. The van der Waals surface area contributed by atoms with E-state index in [0.717, 1.165) is 32.4 Å². The van der Waals surface area contributed by atoms with Crippen molar-refractivity contribution in [2.45, 2.75) is 51.5 Å². The van der Waals surface area contributed by atoms with Gasteiger partial charge in [0.1, 0.15) is 5.69 Å². The first-order chi connectivity index (χ1) is 11.1. The van der Waals surface area contributed by atoms with Crippen LogP contribution in [-0.4, -0.2) is 40.8 Å². The van der Waals surface area contributed by atoms with E-state index in [-0.39, 0.29) is 17.9 Å². The molecule has 2 heterocycles. The predicted octanol–water partition coefficient (Wildman–Crippen LogP) is 2.63. The summed E-state index contributed by atoms with van der Waals surface area (Å²) in [6.07, 6.45) is 8.20. The maximum Gasteiger partial charge on any atom is 0.270 e. The SMILES string of the molecule is CC1CCCN(C(=O)c2ccnc(C(=O)NC3CCCC3)c2)C1. The molecule has 23 heavy (non-hydrogen) atoms. The summed E-state index contributed by atoms with van der Waals surface area (Å²) >= 11 is 0. The summed E-state index contributed by atoms with van der Waals surface area (Å²) < 4.78 is 0. The number of hydrogen-bond acceptors (Lipinski definition) is 3. The Morgan fingerprint density at radius 2 is 2.00 bits per heavy atom. The minimum absolute atomic E-state index is 0.00821. The molecule has 1 N–H and O–H groups in total. The Morgan fingerprint density at radius 3 is 2.74 bits per heavy atom. The number of nitrogens with one attached hydrogen (secondary N) is 1. The number of hydrogen-bond donors (Lipinski definition) is 1. The topological polar surface area (TPSA) is 62.3 Å². The molecule has 0 aromatic carbocycles. The highest BCUT2D eigenvalue weighted by atomic mass is 16.2. The van der Waals surface area contributed by atoms with Crippen molar-refractivity contribution in [2.24, 2.45) is 5.92 Å². The van der Waals surface area contributed by atoms with Gasteiger partial charge in [0.2, 0.25) is 0 Å². The number of carbonyl (C=O) groups excluding carboxylic acids is 2. The number of amides is 2. The van der Waals surface area contributed by atoms with Crippen molar-refractivity contribution in [1.82, 2.24) is 15.2 Å². The first-order valence-electron chi connectivity index (χ1n) is 8.69. The average molecular weight is 315 g/mol. The molecule has 5 nitrogen and oxygen atoms in total. The molecule has 2 fully saturated rings. The van der Waals surface area contributed by atoms with Crippen LogP contribution in [0.15, 0.2) is 18.3 Å². The van der Waals surface area contributed by atoms with Crippen molar-refractivity contribution in [3.05, 3.63) is 29.6 Å². The van der Waals surface area contributed by atoms with Crippen molar-refractivity contribution < 1.29 is 9.59 Å². The molecule has 0 radical (unpaired) electrons. The van der Waals surface area contributed by atoms with Crippen LogP contribution >= 0.6 is 0 Å². The van der Waals surface area contributed by atoms with Crippen LogP contribution < -0.4 is 5.32 Å². The van der Waals surface area contributed by atoms with Crippen molar-refractivity contribution in [3.63, 3.8) is 0 Å². The quantitative estimate of drug-likeness (QED) is 0.932. The van der Waals surface area contributed by atoms with E-state index >= 15 is 0 Å². The number of carbonyl (C=O) groups is 2. The molecule has 1 saturated carbocycles. The first kappa shape index (κ1) is 16.0. The minimum Gasteiger partial charge on any atom is -0.348 e. The predicted molar refractivity (Wildman–Crippen MR) is 88.3 cm³/mol. The smallest absolute Gasteiger partial charge is 0.270 e. The molecule has 1 saturated heterocycles. The van der Waals surface area contributed by atoms with E-state index < -0.39 is 0 Å². The van der Waals surface area contributed by atoms with Crippen LogP contribution in [0.25, 0.3) is 0 Å². The third kappa shape index (κ3) is 3.89. The van der Waals surface area contributed by atoms with Crippen LogP contribution in [0.2, 0.25) is 0 Å². The Balaban J connectivity index is 1.68. The van der Waals surface area contributed by atoms with Crippen LogP contribution in [0.1, 0.15) is 66.3 Å². The van der Waals surface area contributed by atoms with Gasteiger partial charge in [-0.15, -0.1) is 0 Å². The van der Waals surface area contributed by atoms with Crippen LogP contribution in [0.5, 0.6) is 0 Å². The zero-order valence-corrected chi connectivity index (χ0v) is 13.8. The number of likely N-dealkylation sites (tertiary alicyclic amines) is 1. The van der Waals surface area contributed by atoms with Crippen molar-refractivity contribution in [1.29, 1.82) is 0 Å². The molecule has 1 atom stereocenters. The molecule has 5 heteroatoms. The van der Waals surface area contributed by atoms with Crippen LogP contribution in [0.4, 0.5) is 0 Å². The van der Waals surface area contributed by atoms with E-state index in [1.807, 2.05) is 4.90 Å². The summed E-state index contributed by atoms with van der Waals surface area (Å²) in [7, 11) is 0. The highest BCUT2D eigenvalue weighted by Crippen LogP contribution is 2.19. The zero-order chi connectivity index (χ0) is 16.2. The maximum absolute atomic E-state index is 12.6. The molecule has 1 unspecified atom stereocenters. The fraction of sp³-hybridized carbons (Fsp3) is 0.611. The lowest BCUT2D eigenvalue weighted by molar-refractivity contribution is 0.0683. The lowest BCUT2D eigenvalue weighted by Crippen LogP contribution is -2.39. The lowest BCUT2D eigenvalue weighted by Gasteiger charge is -2.31. The minimum atomic E-state index is -0.168. The molecular weight excluding hydrogens is 290 g/mol. The third-order valence-electron chi connectivity index (χ3n) is 4.87. The third-order valence-corrected chi connectivity index (χ3v) is 4.87. The van der Waals surface area contributed by atoms with Crippen molar-refractivity contribution >= 4 is 11.8 Å². The second kappa shape index (κ2) is 7.11. The Bertz CT molecular complexity index is 581. The highest BCUT2D eigenvalue weighted by molar-refractivity contribution is 5.98. The highest BCUT2D eigenvalue weighted by Gasteiger charge is 2.23. The van der Waals surface area contributed by atoms with Gasteiger partial charge in [-0.05, 0) is 43.7 Å². The number of aromatic nitrogens is 1. The van der Waals surface area contributed by atoms with Gasteiger partial charge in [0.15, 0.2) is 0 Å². The van der Waals surface area contributed by atoms with Gasteiger partial charge < -0.3 is 10.2 Å². The number of nitrogens with zero attached hydrogens (tertiary/aromatic N) is 2. The first-order valence-corrected chi connectivity index (χ1v) is 8.69. The van der Waals surface area contributed by atoms with Gasteiger partial charge >= 0.3 is 0 Å². The molecule has 1 aromatic rings. The van der Waals surface area contributed by atoms with Crippen molar-refractivity contribution in [3.8, 4) is 0 Å². The van der Waals surface area contributed by atoms with E-state index in [4.69, 9.17) is 0 Å². The normalized spacial score (nSPS) is 22.1. The van der Waals surface area contributed by atoms with Gasteiger partial charge in [0.05, 0.1) is 0 Å². The van der Waals surface area contributed by atoms with E-state index in [9.17, 15) is 9.59 Å². The largest absolute Gasteiger partial charge is 0.348 e. The van der Waals surface area contributed by atoms with Gasteiger partial charge in [-0.25, -0.2) is 0 Å². The van der Waals surface area contributed by atoms with Crippen LogP contribution in [0, 0.1) is 5.92 Å². The lowest BCUT2D eigenvalue weighted by atomic mass is 9.99. The van der Waals surface area contributed by atoms with Gasteiger partial charge in [-0.2, -0.15) is 0 Å². The van der Waals surface area contributed by atoms with E-state index in [1.54, 1.807) is 18.3 Å². The summed E-state index contributed by atoms with van der Waals surface area (Å²) in [4.78, 5) is 31.0. The van der Waals surface area contributed by atoms with Gasteiger partial charge in [-0.1, -0.05) is 19.8 Å². The Hall–Kier alpha value is -1.91. The van der Waals surface area contributed by atoms with Crippen LogP contribution in [0.3, 0.4) is 0 Å². The molecule has 0 spiro atoms. The molecule has 2 amide bonds. The van der Waals surface area contributed by atoms with Gasteiger partial charge in [-0.3, -0.25) is 14.6 Å². The Morgan fingerprint density at radius 1 is 1.22 bits per heavy atom. The van der Waals surface area contributed by atoms with Crippen molar-refractivity contribution in [2.75, 3.05) is 13.1 Å². The summed E-state index contributed by atoms with van der Waals surface area (Å²) in [6, 6.07) is 3.59. The maximum atomic E-state index is 12.6. The number of pyridine rings is 1. The Labute approximate surface area is 137 Å². The fourth-order valence-corrected chi connectivity index (χ4v) is 3.57. The second-order valence-corrected chi connectivity index (χ2v) is 6.88. The number of rotatable bonds is 3. The van der Waals surface area contributed by atoms with Gasteiger partial charge in [0, 0.05) is 30.9 Å². The Kier molecular flexibility index (Phi) is 4.94. The fourth-order valence-electron chi connectivity index (χ4n) is 3.57. The molecule has 3 rings (SSSR count). The van der Waals surface area contributed by atoms with Gasteiger partial charge in [0.25, 0.3) is 11.8 Å². The molecular formula is C18H25N3O2. The van der Waals surface area contributed by atoms with E-state index in [0.29, 0.717) is 17.2 Å². The van der Waals surface area contributed by atoms with E-state index in [2.05, 4.69) is 17.2 Å². The standard InChI is InChI=1S/C18H25N3O2/c1-13-5-4-10-21(12-13)18(23)14-8-9-19-16(11-14)17(22)20-15-6-2-3-7-15/h8-9,11,13,15H,2-7,10,12H2,1H3,(H,20,22). The van der Waals surface area contributed by atoms with Crippen LogP contribution in [-0.2, 0) is 0 Å². The summed E-state index contributed by atoms with van der Waals surface area (Å²) in [6.45, 7) is 3.77. The zero-order valence-electron chi connectivity index (χ0n) is 13.8. The summed E-state index contributed by atoms with van der Waals surface area (Å²) in [5.74, 6) is 0.382. The monoisotopic (exact) mass is 315 g/mol. The molecule has 2 aliphatic rings. The summed E-state index contributed by atoms with van der Waals surface area (Å²) in [5, 5.41) is 3.02. The van der Waals surface area contributed by atoms with E-state index in [1.165, 1.54) is 19.3 Å². The second-order valence-electron chi connectivity index (χ2n) is 6.88. The summed E-state index contributed by atoms with van der Waals surface area (Å²) in [5.41, 5.74) is 0.901. The molecule has 1 aliphatic carbocycles. The molecule has 1 aromatic heterocycles. The number of piperidine rings is 1.